The lowest BCUT2D eigenvalue weighted by atomic mass is 10.2. The molecule has 0 unspecified atom stereocenters. The summed E-state index contributed by atoms with van der Waals surface area (Å²) in [6.07, 6.45) is 5.71. The van der Waals surface area contributed by atoms with Gasteiger partial charge in [0.05, 0.1) is 11.9 Å². The number of anilines is 1. The summed E-state index contributed by atoms with van der Waals surface area (Å²) in [5, 5.41) is 0. The van der Waals surface area contributed by atoms with Gasteiger partial charge in [0.2, 0.25) is 0 Å². The highest BCUT2D eigenvalue weighted by Gasteiger charge is 2.26. The largest absolute Gasteiger partial charge is 0.397 e. The van der Waals surface area contributed by atoms with E-state index in [1.54, 1.807) is 6.20 Å². The number of piperazine rings is 1. The van der Waals surface area contributed by atoms with E-state index < -0.39 is 0 Å². The van der Waals surface area contributed by atoms with Crippen molar-refractivity contribution in [3.05, 3.63) is 24.0 Å². The number of nitrogen functional groups attached to an aromatic ring is 1. The Bertz CT molecular complexity index is 391. The minimum absolute atomic E-state index is 0.748. The summed E-state index contributed by atoms with van der Waals surface area (Å²) in [7, 11) is 0. The van der Waals surface area contributed by atoms with Crippen molar-refractivity contribution >= 4 is 5.69 Å². The van der Waals surface area contributed by atoms with Crippen LogP contribution < -0.4 is 5.73 Å². The van der Waals surface area contributed by atoms with E-state index in [1.807, 2.05) is 12.1 Å². The molecule has 0 bridgehead atoms. The summed E-state index contributed by atoms with van der Waals surface area (Å²) >= 11 is 0. The van der Waals surface area contributed by atoms with Gasteiger partial charge in [-0.1, -0.05) is 0 Å². The van der Waals surface area contributed by atoms with Crippen LogP contribution in [0.15, 0.2) is 18.3 Å². The monoisotopic (exact) mass is 260 g/mol. The van der Waals surface area contributed by atoms with Gasteiger partial charge in [-0.25, -0.2) is 0 Å². The number of hydrogen-bond donors (Lipinski definition) is 1. The summed E-state index contributed by atoms with van der Waals surface area (Å²) in [6, 6.07) is 3.98. The maximum atomic E-state index is 5.65. The minimum atomic E-state index is 0.748. The summed E-state index contributed by atoms with van der Waals surface area (Å²) in [5.74, 6) is 1.02. The molecule has 2 N–H and O–H groups in total. The van der Waals surface area contributed by atoms with Gasteiger partial charge in [-0.3, -0.25) is 4.98 Å². The average Bonchev–Trinajstić information content (AvgIpc) is 3.24. The molecule has 1 aromatic heterocycles. The lowest BCUT2D eigenvalue weighted by Crippen LogP contribution is -2.47. The number of rotatable bonds is 5. The second-order valence-electron chi connectivity index (χ2n) is 5.92. The topological polar surface area (TPSA) is 45.4 Å². The van der Waals surface area contributed by atoms with Gasteiger partial charge in [-0.2, -0.15) is 0 Å². The van der Waals surface area contributed by atoms with E-state index in [1.165, 1.54) is 45.6 Å². The first-order chi connectivity index (χ1) is 9.29. The second-order valence-corrected chi connectivity index (χ2v) is 5.92. The van der Waals surface area contributed by atoms with Crippen molar-refractivity contribution in [1.82, 2.24) is 14.8 Å². The van der Waals surface area contributed by atoms with Crippen molar-refractivity contribution in [2.24, 2.45) is 5.92 Å². The molecule has 4 nitrogen and oxygen atoms in total. The van der Waals surface area contributed by atoms with Crippen molar-refractivity contribution in [3.63, 3.8) is 0 Å². The summed E-state index contributed by atoms with van der Waals surface area (Å²) in [6.45, 7) is 7.36. The Morgan fingerprint density at radius 2 is 1.84 bits per heavy atom. The molecule has 2 heterocycles. The average molecular weight is 260 g/mol. The molecule has 2 aliphatic rings. The van der Waals surface area contributed by atoms with Crippen LogP contribution in [0.5, 0.6) is 0 Å². The molecule has 0 atom stereocenters. The van der Waals surface area contributed by atoms with E-state index in [9.17, 15) is 0 Å². The van der Waals surface area contributed by atoms with Crippen LogP contribution in [0.1, 0.15) is 18.5 Å². The molecule has 0 amide bonds. The van der Waals surface area contributed by atoms with Crippen LogP contribution >= 0.6 is 0 Å². The van der Waals surface area contributed by atoms with Gasteiger partial charge in [-0.05, 0) is 30.9 Å². The minimum Gasteiger partial charge on any atom is -0.397 e. The van der Waals surface area contributed by atoms with Gasteiger partial charge in [0.1, 0.15) is 0 Å². The molecule has 4 heteroatoms. The Morgan fingerprint density at radius 1 is 1.11 bits per heavy atom. The number of hydrogen-bond acceptors (Lipinski definition) is 4. The van der Waals surface area contributed by atoms with Crippen molar-refractivity contribution in [2.45, 2.75) is 19.3 Å². The van der Waals surface area contributed by atoms with Crippen molar-refractivity contribution in [2.75, 3.05) is 45.0 Å². The van der Waals surface area contributed by atoms with Gasteiger partial charge >= 0.3 is 0 Å². The van der Waals surface area contributed by atoms with E-state index in [0.29, 0.717) is 0 Å². The summed E-state index contributed by atoms with van der Waals surface area (Å²) in [5.41, 5.74) is 7.54. The third kappa shape index (κ3) is 3.91. The maximum Gasteiger partial charge on any atom is 0.0501 e. The molecule has 0 spiro atoms. The molecule has 19 heavy (non-hydrogen) atoms. The number of pyridine rings is 1. The fourth-order valence-corrected chi connectivity index (χ4v) is 2.72. The van der Waals surface area contributed by atoms with E-state index in [4.69, 9.17) is 5.73 Å². The molecule has 2 fully saturated rings. The van der Waals surface area contributed by atoms with E-state index in [2.05, 4.69) is 14.8 Å². The van der Waals surface area contributed by atoms with Crippen LogP contribution in [-0.2, 0) is 6.42 Å². The Balaban J connectivity index is 1.38. The van der Waals surface area contributed by atoms with Crippen LogP contribution in [0.25, 0.3) is 0 Å². The van der Waals surface area contributed by atoms with E-state index in [-0.39, 0.29) is 0 Å². The van der Waals surface area contributed by atoms with Crippen molar-refractivity contribution in [1.29, 1.82) is 0 Å². The predicted molar refractivity (Wildman–Crippen MR) is 78.0 cm³/mol. The Kier molecular flexibility index (Phi) is 3.99. The number of nitrogens with two attached hydrogens (primary N) is 1. The third-order valence-corrected chi connectivity index (χ3v) is 4.21. The van der Waals surface area contributed by atoms with Gasteiger partial charge in [0, 0.05) is 51.4 Å². The van der Waals surface area contributed by atoms with Gasteiger partial charge in [0.15, 0.2) is 0 Å². The summed E-state index contributed by atoms with van der Waals surface area (Å²) < 4.78 is 0. The maximum absolute atomic E-state index is 5.65. The molecular formula is C15H24N4. The highest BCUT2D eigenvalue weighted by atomic mass is 15.3. The smallest absolute Gasteiger partial charge is 0.0501 e. The van der Waals surface area contributed by atoms with Crippen LogP contribution in [0.3, 0.4) is 0 Å². The molecule has 0 aromatic carbocycles. The van der Waals surface area contributed by atoms with Crippen molar-refractivity contribution < 1.29 is 0 Å². The molecule has 1 aliphatic heterocycles. The van der Waals surface area contributed by atoms with E-state index in [0.717, 1.165) is 30.3 Å². The number of aromatic nitrogens is 1. The first-order valence-electron chi connectivity index (χ1n) is 7.45. The van der Waals surface area contributed by atoms with Crippen LogP contribution in [0, 0.1) is 5.92 Å². The fraction of sp³-hybridized carbons (Fsp3) is 0.667. The van der Waals surface area contributed by atoms with Gasteiger partial charge in [0.25, 0.3) is 0 Å². The standard InChI is InChI=1S/C15H24N4/c16-14-3-4-15(17-11-14)5-6-18-7-9-19(10-8-18)12-13-1-2-13/h3-4,11,13H,1-2,5-10,12,16H2. The quantitative estimate of drug-likeness (QED) is 0.865. The lowest BCUT2D eigenvalue weighted by molar-refractivity contribution is 0.129. The number of nitrogens with zero attached hydrogens (tertiary/aromatic N) is 3. The molecule has 1 saturated heterocycles. The van der Waals surface area contributed by atoms with E-state index >= 15 is 0 Å². The van der Waals surface area contributed by atoms with Crippen LogP contribution in [0.2, 0.25) is 0 Å². The Labute approximate surface area is 115 Å². The first-order valence-corrected chi connectivity index (χ1v) is 7.45. The lowest BCUT2D eigenvalue weighted by Gasteiger charge is -2.34. The molecule has 1 aliphatic carbocycles. The third-order valence-electron chi connectivity index (χ3n) is 4.21. The van der Waals surface area contributed by atoms with Gasteiger partial charge in [-0.15, -0.1) is 0 Å². The molecule has 104 valence electrons. The van der Waals surface area contributed by atoms with Crippen molar-refractivity contribution in [3.8, 4) is 0 Å². The van der Waals surface area contributed by atoms with Gasteiger partial charge < -0.3 is 15.5 Å². The van der Waals surface area contributed by atoms with Crippen LogP contribution in [-0.4, -0.2) is 54.1 Å². The second kappa shape index (κ2) is 5.88. The zero-order valence-electron chi connectivity index (χ0n) is 11.6. The fourth-order valence-electron chi connectivity index (χ4n) is 2.72. The molecule has 0 radical (unpaired) electrons. The zero-order valence-corrected chi connectivity index (χ0v) is 11.6. The first kappa shape index (κ1) is 12.9. The highest BCUT2D eigenvalue weighted by molar-refractivity contribution is 5.34. The predicted octanol–water partition coefficient (Wildman–Crippen LogP) is 1.23. The Hall–Kier alpha value is -1.13. The normalized spacial score (nSPS) is 21.7. The zero-order chi connectivity index (χ0) is 13.1. The SMILES string of the molecule is Nc1ccc(CCN2CCN(CC3CC3)CC2)nc1. The van der Waals surface area contributed by atoms with Crippen LogP contribution in [0.4, 0.5) is 5.69 Å². The molecular weight excluding hydrogens is 236 g/mol. The Morgan fingerprint density at radius 3 is 2.47 bits per heavy atom. The summed E-state index contributed by atoms with van der Waals surface area (Å²) in [4.78, 5) is 9.55. The highest BCUT2D eigenvalue weighted by Crippen LogP contribution is 2.29. The molecule has 1 saturated carbocycles. The molecule has 1 aromatic rings. The molecule has 3 rings (SSSR count).